The molecule has 0 amide bonds. The van der Waals surface area contributed by atoms with Crippen LogP contribution in [0.25, 0.3) is 16.8 Å². The van der Waals surface area contributed by atoms with Crippen molar-refractivity contribution in [2.24, 2.45) is 4.99 Å². The number of likely N-dealkylation sites (N-methyl/N-ethyl adjacent to an activating group) is 1. The number of nitro benzene ring substituents is 1. The minimum absolute atomic E-state index is 0.00782. The summed E-state index contributed by atoms with van der Waals surface area (Å²) in [6.45, 7) is 1.49. The van der Waals surface area contributed by atoms with Crippen molar-refractivity contribution in [3.63, 3.8) is 0 Å². The van der Waals surface area contributed by atoms with Gasteiger partial charge in [-0.2, -0.15) is 0 Å². The van der Waals surface area contributed by atoms with Gasteiger partial charge in [-0.15, -0.1) is 0 Å². The summed E-state index contributed by atoms with van der Waals surface area (Å²) >= 11 is 0. The second-order valence-corrected chi connectivity index (χ2v) is 8.13. The fourth-order valence-corrected chi connectivity index (χ4v) is 4.09. The highest BCUT2D eigenvalue weighted by atomic mass is 16.6. The van der Waals surface area contributed by atoms with E-state index in [2.05, 4.69) is 18.0 Å². The molecule has 0 bridgehead atoms. The van der Waals surface area contributed by atoms with Crippen molar-refractivity contribution in [2.75, 3.05) is 25.0 Å². The Morgan fingerprint density at radius 1 is 0.941 bits per heavy atom. The van der Waals surface area contributed by atoms with Crippen LogP contribution in [0.4, 0.5) is 11.4 Å². The van der Waals surface area contributed by atoms with Crippen LogP contribution in [0.5, 0.6) is 11.5 Å². The highest BCUT2D eigenvalue weighted by molar-refractivity contribution is 6.14. The van der Waals surface area contributed by atoms with Gasteiger partial charge in [0.25, 0.3) is 5.69 Å². The van der Waals surface area contributed by atoms with E-state index in [1.54, 1.807) is 6.07 Å². The number of hydrogen-bond acceptors (Lipinski definition) is 5. The van der Waals surface area contributed by atoms with Gasteiger partial charge < -0.3 is 9.64 Å². The van der Waals surface area contributed by atoms with Crippen LogP contribution in [0.1, 0.15) is 11.1 Å². The first kappa shape index (κ1) is 21.4. The minimum Gasteiger partial charge on any atom is -0.457 e. The van der Waals surface area contributed by atoms with Crippen LogP contribution < -0.4 is 9.64 Å². The smallest absolute Gasteiger partial charge is 0.270 e. The predicted molar refractivity (Wildman–Crippen MR) is 137 cm³/mol. The van der Waals surface area contributed by atoms with Crippen LogP contribution in [0.15, 0.2) is 96.0 Å². The van der Waals surface area contributed by atoms with Gasteiger partial charge in [-0.3, -0.25) is 15.1 Å². The molecule has 1 aliphatic heterocycles. The van der Waals surface area contributed by atoms with E-state index in [0.29, 0.717) is 23.6 Å². The number of nitrogens with zero attached hydrogens (tertiary/aromatic N) is 3. The summed E-state index contributed by atoms with van der Waals surface area (Å²) in [5.74, 6) is 1.21. The monoisotopic (exact) mass is 449 g/mol. The summed E-state index contributed by atoms with van der Waals surface area (Å²) in [5.41, 5.74) is 3.59. The van der Waals surface area contributed by atoms with Crippen molar-refractivity contribution in [1.82, 2.24) is 0 Å². The molecule has 0 saturated heterocycles. The highest BCUT2D eigenvalue weighted by Crippen LogP contribution is 2.32. The number of aliphatic imine (C=N–C) groups is 1. The van der Waals surface area contributed by atoms with Gasteiger partial charge in [-0.25, -0.2) is 0 Å². The zero-order valence-electron chi connectivity index (χ0n) is 18.7. The second-order valence-electron chi connectivity index (χ2n) is 8.13. The third-order valence-electron chi connectivity index (χ3n) is 5.88. The summed E-state index contributed by atoms with van der Waals surface area (Å²) < 4.78 is 6.18. The van der Waals surface area contributed by atoms with Gasteiger partial charge in [-0.05, 0) is 47.2 Å². The van der Waals surface area contributed by atoms with Gasteiger partial charge >= 0.3 is 0 Å². The number of benzodiazepines with no additional fused rings is 1. The molecule has 0 spiro atoms. The Morgan fingerprint density at radius 2 is 1.74 bits per heavy atom. The van der Waals surface area contributed by atoms with Gasteiger partial charge in [0.15, 0.2) is 0 Å². The van der Waals surface area contributed by atoms with E-state index < -0.39 is 4.92 Å². The third kappa shape index (κ3) is 4.38. The molecular weight excluding hydrogens is 426 g/mol. The van der Waals surface area contributed by atoms with Crippen LogP contribution in [-0.2, 0) is 0 Å². The van der Waals surface area contributed by atoms with Gasteiger partial charge in [0.1, 0.15) is 11.5 Å². The Balaban J connectivity index is 1.52. The molecule has 0 aliphatic carbocycles. The quantitative estimate of drug-likeness (QED) is 0.258. The summed E-state index contributed by atoms with van der Waals surface area (Å²) in [6.07, 6.45) is 3.74. The van der Waals surface area contributed by atoms with Crippen LogP contribution in [-0.4, -0.2) is 30.8 Å². The first-order valence-corrected chi connectivity index (χ1v) is 11.1. The number of rotatable bonds is 5. The predicted octanol–water partition coefficient (Wildman–Crippen LogP) is 6.49. The molecule has 168 valence electrons. The molecule has 5 rings (SSSR count). The van der Waals surface area contributed by atoms with E-state index in [-0.39, 0.29) is 5.69 Å². The number of non-ortho nitro benzene ring substituents is 1. The zero-order valence-corrected chi connectivity index (χ0v) is 18.7. The van der Waals surface area contributed by atoms with E-state index in [4.69, 9.17) is 9.73 Å². The van der Waals surface area contributed by atoms with E-state index in [1.165, 1.54) is 12.1 Å². The molecule has 1 heterocycles. The molecule has 1 aliphatic rings. The molecule has 0 aromatic heterocycles. The Hall–Kier alpha value is -4.45. The first-order chi connectivity index (χ1) is 16.6. The molecular formula is C28H23N3O3. The van der Waals surface area contributed by atoms with E-state index >= 15 is 0 Å². The number of anilines is 1. The highest BCUT2D eigenvalue weighted by Gasteiger charge is 2.15. The molecule has 0 fully saturated rings. The number of para-hydroxylation sites is 1. The standard InChI is InChI=1S/C28H23N3O3/c1-30-17-16-29-26(25-8-4-5-9-27(25)30)14-11-22-18-23(31(32)33)12-15-28(22)34-24-13-10-20-6-2-3-7-21(20)19-24/h2-15,18-19H,16-17H2,1H3. The summed E-state index contributed by atoms with van der Waals surface area (Å²) in [5, 5.41) is 13.6. The Bertz CT molecular complexity index is 1440. The molecule has 6 heteroatoms. The third-order valence-corrected chi connectivity index (χ3v) is 5.88. The molecule has 0 unspecified atom stereocenters. The number of hydrogen-bond donors (Lipinski definition) is 0. The lowest BCUT2D eigenvalue weighted by Crippen LogP contribution is -2.20. The first-order valence-electron chi connectivity index (χ1n) is 11.1. The molecule has 4 aromatic rings. The largest absolute Gasteiger partial charge is 0.457 e. The second kappa shape index (κ2) is 9.19. The van der Waals surface area contributed by atoms with Crippen molar-refractivity contribution in [1.29, 1.82) is 0 Å². The topological polar surface area (TPSA) is 68.0 Å². The fourth-order valence-electron chi connectivity index (χ4n) is 4.09. The SMILES string of the molecule is CN1CCN=C(C=Cc2cc([N+](=O)[O-])ccc2Oc2ccc3ccccc3c2)c2ccccc21. The summed E-state index contributed by atoms with van der Waals surface area (Å²) in [4.78, 5) is 18.0. The molecule has 34 heavy (non-hydrogen) atoms. The maximum absolute atomic E-state index is 11.4. The van der Waals surface area contributed by atoms with Crippen molar-refractivity contribution in [3.8, 4) is 11.5 Å². The van der Waals surface area contributed by atoms with Crippen LogP contribution in [0.2, 0.25) is 0 Å². The average Bonchev–Trinajstić information content (AvgIpc) is 3.02. The average molecular weight is 450 g/mol. The number of nitro groups is 1. The summed E-state index contributed by atoms with van der Waals surface area (Å²) in [7, 11) is 2.05. The summed E-state index contributed by atoms with van der Waals surface area (Å²) in [6, 6.07) is 26.7. The number of benzene rings is 4. The zero-order chi connectivity index (χ0) is 23.5. The number of ether oxygens (including phenoxy) is 1. The van der Waals surface area contributed by atoms with Crippen LogP contribution in [0, 0.1) is 10.1 Å². The lowest BCUT2D eigenvalue weighted by Gasteiger charge is -2.18. The molecule has 4 aromatic carbocycles. The lowest BCUT2D eigenvalue weighted by atomic mass is 10.0. The maximum Gasteiger partial charge on any atom is 0.270 e. The van der Waals surface area contributed by atoms with E-state index in [0.717, 1.165) is 34.3 Å². The van der Waals surface area contributed by atoms with Crippen LogP contribution in [0.3, 0.4) is 0 Å². The number of fused-ring (bicyclic) bond motifs is 2. The van der Waals surface area contributed by atoms with Gasteiger partial charge in [0.2, 0.25) is 0 Å². The van der Waals surface area contributed by atoms with Crippen molar-refractivity contribution in [2.45, 2.75) is 0 Å². The van der Waals surface area contributed by atoms with Crippen molar-refractivity contribution < 1.29 is 9.66 Å². The van der Waals surface area contributed by atoms with E-state index in [9.17, 15) is 10.1 Å². The molecule has 0 radical (unpaired) electrons. The molecule has 0 N–H and O–H groups in total. The normalized spacial score (nSPS) is 13.4. The minimum atomic E-state index is -0.398. The van der Waals surface area contributed by atoms with Crippen molar-refractivity contribution in [3.05, 3.63) is 112 Å². The van der Waals surface area contributed by atoms with Gasteiger partial charge in [0, 0.05) is 42.5 Å². The fraction of sp³-hybridized carbons (Fsp3) is 0.107. The Labute approximate surface area is 197 Å². The Kier molecular flexibility index (Phi) is 5.79. The van der Waals surface area contributed by atoms with Crippen LogP contribution >= 0.6 is 0 Å². The lowest BCUT2D eigenvalue weighted by molar-refractivity contribution is -0.384. The van der Waals surface area contributed by atoms with Crippen molar-refractivity contribution >= 4 is 33.9 Å². The molecule has 6 nitrogen and oxygen atoms in total. The van der Waals surface area contributed by atoms with E-state index in [1.807, 2.05) is 72.8 Å². The van der Waals surface area contributed by atoms with Gasteiger partial charge in [0.05, 0.1) is 17.2 Å². The molecule has 0 atom stereocenters. The molecule has 0 saturated carbocycles. The van der Waals surface area contributed by atoms with Gasteiger partial charge in [-0.1, -0.05) is 48.5 Å². The maximum atomic E-state index is 11.4. The number of allylic oxidation sites excluding steroid dienone is 1. The Morgan fingerprint density at radius 3 is 2.59 bits per heavy atom.